The van der Waals surface area contributed by atoms with Gasteiger partial charge in [0.05, 0.1) is 5.75 Å². The van der Waals surface area contributed by atoms with E-state index in [1.807, 2.05) is 13.8 Å². The standard InChI is InChI=1S/C10H22N2O2S.ClH/c1-3-8(2)7-15(13,14)12-10(6-11)9-4-5-9;/h8-10,12H,3-7,11H2,1-2H3;1H. The van der Waals surface area contributed by atoms with Gasteiger partial charge in [0, 0.05) is 12.6 Å². The monoisotopic (exact) mass is 270 g/mol. The molecule has 2 unspecified atom stereocenters. The number of nitrogens with one attached hydrogen (secondary N) is 1. The fraction of sp³-hybridized carbons (Fsp3) is 1.00. The van der Waals surface area contributed by atoms with Crippen LogP contribution in [-0.2, 0) is 10.0 Å². The van der Waals surface area contributed by atoms with Gasteiger partial charge in [-0.1, -0.05) is 20.3 Å². The average Bonchev–Trinajstić information content (AvgIpc) is 2.96. The molecule has 0 aromatic rings. The van der Waals surface area contributed by atoms with Gasteiger partial charge < -0.3 is 5.73 Å². The largest absolute Gasteiger partial charge is 0.329 e. The van der Waals surface area contributed by atoms with Crippen molar-refractivity contribution < 1.29 is 8.42 Å². The molecule has 0 amide bonds. The zero-order chi connectivity index (χ0) is 11.5. The van der Waals surface area contributed by atoms with Crippen molar-refractivity contribution in [2.24, 2.45) is 17.6 Å². The van der Waals surface area contributed by atoms with Crippen LogP contribution >= 0.6 is 12.4 Å². The molecule has 0 spiro atoms. The third-order valence-corrected chi connectivity index (χ3v) is 4.65. The molecular weight excluding hydrogens is 248 g/mol. The van der Waals surface area contributed by atoms with Crippen LogP contribution in [0.3, 0.4) is 0 Å². The van der Waals surface area contributed by atoms with Crippen molar-refractivity contribution in [3.63, 3.8) is 0 Å². The molecule has 2 atom stereocenters. The molecule has 1 saturated carbocycles. The predicted molar refractivity (Wildman–Crippen MR) is 69.2 cm³/mol. The van der Waals surface area contributed by atoms with E-state index in [1.54, 1.807) is 0 Å². The molecule has 98 valence electrons. The van der Waals surface area contributed by atoms with Gasteiger partial charge in [-0.25, -0.2) is 13.1 Å². The average molecular weight is 271 g/mol. The summed E-state index contributed by atoms with van der Waals surface area (Å²) in [6.45, 7) is 4.36. The molecule has 0 aromatic carbocycles. The molecular formula is C10H23ClN2O2S. The zero-order valence-corrected chi connectivity index (χ0v) is 11.6. The third-order valence-electron chi connectivity index (χ3n) is 2.98. The van der Waals surface area contributed by atoms with Gasteiger partial charge in [-0.3, -0.25) is 0 Å². The summed E-state index contributed by atoms with van der Waals surface area (Å²) >= 11 is 0. The second-order valence-corrected chi connectivity index (χ2v) is 6.39. The smallest absolute Gasteiger partial charge is 0.212 e. The van der Waals surface area contributed by atoms with Crippen LogP contribution in [0.25, 0.3) is 0 Å². The van der Waals surface area contributed by atoms with E-state index in [-0.39, 0.29) is 30.1 Å². The first-order valence-corrected chi connectivity index (χ1v) is 7.33. The van der Waals surface area contributed by atoms with E-state index in [2.05, 4.69) is 4.72 Å². The zero-order valence-electron chi connectivity index (χ0n) is 9.98. The molecule has 4 nitrogen and oxygen atoms in total. The molecule has 0 heterocycles. The highest BCUT2D eigenvalue weighted by Crippen LogP contribution is 2.32. The number of hydrogen-bond donors (Lipinski definition) is 2. The Morgan fingerprint density at radius 1 is 1.44 bits per heavy atom. The molecule has 3 N–H and O–H groups in total. The van der Waals surface area contributed by atoms with Crippen molar-refractivity contribution in [1.82, 2.24) is 4.72 Å². The van der Waals surface area contributed by atoms with Crippen LogP contribution in [0.2, 0.25) is 0 Å². The lowest BCUT2D eigenvalue weighted by Gasteiger charge is -2.17. The Morgan fingerprint density at radius 3 is 2.38 bits per heavy atom. The van der Waals surface area contributed by atoms with Gasteiger partial charge in [-0.15, -0.1) is 12.4 Å². The van der Waals surface area contributed by atoms with E-state index in [4.69, 9.17) is 5.73 Å². The fourth-order valence-electron chi connectivity index (χ4n) is 1.61. The molecule has 1 aliphatic rings. The van der Waals surface area contributed by atoms with Gasteiger partial charge in [0.1, 0.15) is 0 Å². The second-order valence-electron chi connectivity index (χ2n) is 4.59. The second kappa shape index (κ2) is 6.79. The first kappa shape index (κ1) is 16.2. The van der Waals surface area contributed by atoms with E-state index in [1.165, 1.54) is 0 Å². The summed E-state index contributed by atoms with van der Waals surface area (Å²) in [4.78, 5) is 0. The van der Waals surface area contributed by atoms with Gasteiger partial charge in [-0.05, 0) is 24.7 Å². The van der Waals surface area contributed by atoms with Gasteiger partial charge in [0.2, 0.25) is 10.0 Å². The van der Waals surface area contributed by atoms with E-state index >= 15 is 0 Å². The van der Waals surface area contributed by atoms with Gasteiger partial charge in [0.15, 0.2) is 0 Å². The van der Waals surface area contributed by atoms with Crippen molar-refractivity contribution >= 4 is 22.4 Å². The maximum atomic E-state index is 11.7. The van der Waals surface area contributed by atoms with E-state index in [0.717, 1.165) is 19.3 Å². The quantitative estimate of drug-likeness (QED) is 0.728. The van der Waals surface area contributed by atoms with E-state index in [0.29, 0.717) is 12.5 Å². The summed E-state index contributed by atoms with van der Waals surface area (Å²) in [7, 11) is -3.14. The Bertz CT molecular complexity index is 291. The van der Waals surface area contributed by atoms with Crippen molar-refractivity contribution in [3.8, 4) is 0 Å². The van der Waals surface area contributed by atoms with Crippen LogP contribution in [0.15, 0.2) is 0 Å². The van der Waals surface area contributed by atoms with E-state index in [9.17, 15) is 8.42 Å². The Hall–Kier alpha value is 0.160. The summed E-state index contributed by atoms with van der Waals surface area (Å²) in [5, 5.41) is 0. The topological polar surface area (TPSA) is 72.2 Å². The SMILES string of the molecule is CCC(C)CS(=O)(=O)NC(CN)C1CC1.Cl. The molecule has 1 fully saturated rings. The fourth-order valence-corrected chi connectivity index (χ4v) is 3.44. The van der Waals surface area contributed by atoms with Crippen LogP contribution in [0.1, 0.15) is 33.1 Å². The minimum absolute atomic E-state index is 0. The first-order valence-electron chi connectivity index (χ1n) is 5.68. The first-order chi connectivity index (χ1) is 6.98. The molecule has 0 aliphatic heterocycles. The van der Waals surface area contributed by atoms with Crippen LogP contribution in [0.4, 0.5) is 0 Å². The Morgan fingerprint density at radius 2 is 2.00 bits per heavy atom. The number of nitrogens with two attached hydrogens (primary N) is 1. The molecule has 0 bridgehead atoms. The van der Waals surface area contributed by atoms with Crippen molar-refractivity contribution in [2.45, 2.75) is 39.2 Å². The molecule has 1 aliphatic carbocycles. The minimum atomic E-state index is -3.14. The number of sulfonamides is 1. The molecule has 0 radical (unpaired) electrons. The number of hydrogen-bond acceptors (Lipinski definition) is 3. The van der Waals surface area contributed by atoms with Crippen LogP contribution in [0, 0.1) is 11.8 Å². The number of halogens is 1. The highest BCUT2D eigenvalue weighted by Gasteiger charge is 2.33. The lowest BCUT2D eigenvalue weighted by Crippen LogP contribution is -2.43. The third kappa shape index (κ3) is 5.48. The minimum Gasteiger partial charge on any atom is -0.329 e. The van der Waals surface area contributed by atoms with E-state index < -0.39 is 10.0 Å². The maximum Gasteiger partial charge on any atom is 0.212 e. The molecule has 16 heavy (non-hydrogen) atoms. The highest BCUT2D eigenvalue weighted by atomic mass is 35.5. The lowest BCUT2D eigenvalue weighted by molar-refractivity contribution is 0.507. The summed E-state index contributed by atoms with van der Waals surface area (Å²) in [5.41, 5.74) is 5.56. The molecule has 0 aromatic heterocycles. The normalized spacial score (nSPS) is 19.9. The van der Waals surface area contributed by atoms with Crippen molar-refractivity contribution in [2.75, 3.05) is 12.3 Å². The summed E-state index contributed by atoms with van der Waals surface area (Å²) < 4.78 is 26.2. The Balaban J connectivity index is 0.00000225. The van der Waals surface area contributed by atoms with Gasteiger partial charge >= 0.3 is 0 Å². The van der Waals surface area contributed by atoms with Crippen LogP contribution < -0.4 is 10.5 Å². The summed E-state index contributed by atoms with van der Waals surface area (Å²) in [5.74, 6) is 0.897. The van der Waals surface area contributed by atoms with Crippen LogP contribution in [-0.4, -0.2) is 26.8 Å². The summed E-state index contributed by atoms with van der Waals surface area (Å²) in [6.07, 6.45) is 3.10. The molecule has 1 rings (SSSR count). The van der Waals surface area contributed by atoms with Gasteiger partial charge in [0.25, 0.3) is 0 Å². The maximum absolute atomic E-state index is 11.7. The molecule has 6 heteroatoms. The lowest BCUT2D eigenvalue weighted by atomic mass is 10.2. The Labute approximate surface area is 105 Å². The van der Waals surface area contributed by atoms with Crippen molar-refractivity contribution in [3.05, 3.63) is 0 Å². The molecule has 0 saturated heterocycles. The highest BCUT2D eigenvalue weighted by molar-refractivity contribution is 7.89. The Kier molecular flexibility index (Phi) is 6.86. The van der Waals surface area contributed by atoms with Gasteiger partial charge in [-0.2, -0.15) is 0 Å². The summed E-state index contributed by atoms with van der Waals surface area (Å²) in [6, 6.07) is -0.0425. The predicted octanol–water partition coefficient (Wildman–Crippen LogP) is 1.11. The van der Waals surface area contributed by atoms with Crippen LogP contribution in [0.5, 0.6) is 0 Å². The van der Waals surface area contributed by atoms with Crippen molar-refractivity contribution in [1.29, 1.82) is 0 Å². The number of rotatable bonds is 7.